The number of aromatic nitrogens is 3. The number of nitrogens with zero attached hydrogens (tertiary/aromatic N) is 4. The second kappa shape index (κ2) is 8.65. The second-order valence-corrected chi connectivity index (χ2v) is 8.07. The first-order valence-electron chi connectivity index (χ1n) is 9.80. The monoisotopic (exact) mass is 454 g/mol. The number of aryl methyl sites for hydroxylation is 1. The van der Waals surface area contributed by atoms with Crippen molar-refractivity contribution < 1.29 is 9.32 Å². The minimum Gasteiger partial charge on any atom is -0.361 e. The van der Waals surface area contributed by atoms with Gasteiger partial charge in [-0.05, 0) is 37.3 Å². The van der Waals surface area contributed by atoms with E-state index in [1.54, 1.807) is 36.2 Å². The average molecular weight is 455 g/mol. The van der Waals surface area contributed by atoms with Crippen LogP contribution < -0.4 is 0 Å². The van der Waals surface area contributed by atoms with Gasteiger partial charge in [-0.2, -0.15) is 0 Å². The molecule has 4 aromatic rings. The molecule has 2 heterocycles. The van der Waals surface area contributed by atoms with E-state index in [-0.39, 0.29) is 11.6 Å². The normalized spacial score (nSPS) is 11.1. The van der Waals surface area contributed by atoms with E-state index < -0.39 is 0 Å². The maximum Gasteiger partial charge on any atom is 0.273 e. The lowest BCUT2D eigenvalue weighted by Gasteiger charge is -2.17. The number of rotatable bonds is 5. The van der Waals surface area contributed by atoms with Gasteiger partial charge in [-0.1, -0.05) is 47.4 Å². The molecular formula is C23H20Cl2N4O2. The number of carbonyl (C=O) groups is 1. The van der Waals surface area contributed by atoms with Crippen molar-refractivity contribution in [3.8, 4) is 11.4 Å². The molecule has 31 heavy (non-hydrogen) atoms. The van der Waals surface area contributed by atoms with Crippen LogP contribution >= 0.6 is 23.2 Å². The van der Waals surface area contributed by atoms with Gasteiger partial charge in [-0.25, -0.2) is 9.97 Å². The van der Waals surface area contributed by atoms with E-state index in [0.29, 0.717) is 38.9 Å². The van der Waals surface area contributed by atoms with Gasteiger partial charge in [0.15, 0.2) is 5.82 Å². The van der Waals surface area contributed by atoms with Gasteiger partial charge >= 0.3 is 0 Å². The Morgan fingerprint density at radius 3 is 2.61 bits per heavy atom. The first kappa shape index (κ1) is 21.3. The third kappa shape index (κ3) is 4.13. The molecule has 4 rings (SSSR count). The molecule has 158 valence electrons. The predicted octanol–water partition coefficient (Wildman–Crippen LogP) is 5.73. The molecule has 0 N–H and O–H groups in total. The smallest absolute Gasteiger partial charge is 0.273 e. The summed E-state index contributed by atoms with van der Waals surface area (Å²) < 4.78 is 5.36. The molecule has 0 radical (unpaired) electrons. The van der Waals surface area contributed by atoms with E-state index in [4.69, 9.17) is 27.7 Å². The summed E-state index contributed by atoms with van der Waals surface area (Å²) in [6.45, 7) is 4.24. The molecule has 0 bridgehead atoms. The Morgan fingerprint density at radius 1 is 1.13 bits per heavy atom. The van der Waals surface area contributed by atoms with Crippen molar-refractivity contribution in [1.82, 2.24) is 20.0 Å². The molecule has 0 saturated carbocycles. The summed E-state index contributed by atoms with van der Waals surface area (Å²) in [5, 5.41) is 5.70. The van der Waals surface area contributed by atoms with Crippen molar-refractivity contribution in [2.24, 2.45) is 0 Å². The van der Waals surface area contributed by atoms with Crippen LogP contribution in [0.4, 0.5) is 0 Å². The topological polar surface area (TPSA) is 72.1 Å². The fraction of sp³-hybridized carbons (Fsp3) is 0.217. The van der Waals surface area contributed by atoms with E-state index in [1.807, 2.05) is 32.0 Å². The predicted molar refractivity (Wildman–Crippen MR) is 121 cm³/mol. The van der Waals surface area contributed by atoms with Crippen molar-refractivity contribution in [2.45, 2.75) is 26.8 Å². The molecule has 0 aliphatic rings. The molecule has 1 amide bonds. The van der Waals surface area contributed by atoms with E-state index in [2.05, 4.69) is 15.1 Å². The molecule has 0 spiro atoms. The van der Waals surface area contributed by atoms with Crippen LogP contribution in [0.15, 0.2) is 47.0 Å². The zero-order valence-corrected chi connectivity index (χ0v) is 18.8. The zero-order chi connectivity index (χ0) is 22.1. The van der Waals surface area contributed by atoms with Crippen molar-refractivity contribution in [2.75, 3.05) is 7.05 Å². The number of benzene rings is 2. The van der Waals surface area contributed by atoms with Crippen LogP contribution in [0, 0.1) is 6.92 Å². The minimum atomic E-state index is -0.275. The van der Waals surface area contributed by atoms with Gasteiger partial charge in [-0.15, -0.1) is 0 Å². The van der Waals surface area contributed by atoms with Gasteiger partial charge in [0.1, 0.15) is 17.1 Å². The molecule has 2 aromatic heterocycles. The molecule has 0 fully saturated rings. The Labute approximate surface area is 189 Å². The van der Waals surface area contributed by atoms with E-state index in [1.165, 1.54) is 0 Å². The van der Waals surface area contributed by atoms with Gasteiger partial charge in [0.2, 0.25) is 0 Å². The quantitative estimate of drug-likeness (QED) is 0.384. The first-order valence-corrected chi connectivity index (χ1v) is 10.6. The van der Waals surface area contributed by atoms with Crippen LogP contribution in [0.1, 0.15) is 34.4 Å². The number of hydrogen-bond acceptors (Lipinski definition) is 5. The van der Waals surface area contributed by atoms with Crippen molar-refractivity contribution in [1.29, 1.82) is 0 Å². The molecule has 0 unspecified atom stereocenters. The first-order chi connectivity index (χ1) is 14.9. The fourth-order valence-corrected chi connectivity index (χ4v) is 3.78. The molecule has 2 aromatic carbocycles. The van der Waals surface area contributed by atoms with Crippen molar-refractivity contribution in [3.63, 3.8) is 0 Å². The maximum absolute atomic E-state index is 13.4. The van der Waals surface area contributed by atoms with Crippen LogP contribution in [0.2, 0.25) is 10.0 Å². The van der Waals surface area contributed by atoms with Crippen LogP contribution in [0.25, 0.3) is 22.3 Å². The number of hydrogen-bond donors (Lipinski definition) is 0. The number of amides is 1. The van der Waals surface area contributed by atoms with Crippen LogP contribution in [0.3, 0.4) is 0 Å². The molecule has 0 aliphatic heterocycles. The summed E-state index contributed by atoms with van der Waals surface area (Å²) in [7, 11) is 1.70. The van der Waals surface area contributed by atoms with Gasteiger partial charge in [-0.3, -0.25) is 4.79 Å². The molecule has 8 heteroatoms. The summed E-state index contributed by atoms with van der Waals surface area (Å²) >= 11 is 12.6. The molecule has 0 aliphatic carbocycles. The van der Waals surface area contributed by atoms with Crippen LogP contribution in [-0.2, 0) is 13.0 Å². The Bertz CT molecular complexity index is 1290. The Hall–Kier alpha value is -2.96. The fourth-order valence-electron chi connectivity index (χ4n) is 3.39. The highest BCUT2D eigenvalue weighted by Gasteiger charge is 2.22. The highest BCUT2D eigenvalue weighted by atomic mass is 35.5. The molecule has 0 atom stereocenters. The standard InChI is InChI=1S/C23H20Cl2N4O2/c1-4-20-13(2)19(28-31-20)12-29(3)23(30)21-16-11-14(24)9-10-18(16)26-22(27-21)15-7-5-6-8-17(15)25/h5-11H,4,12H2,1-3H3. The summed E-state index contributed by atoms with van der Waals surface area (Å²) in [6.07, 6.45) is 0.743. The summed E-state index contributed by atoms with van der Waals surface area (Å²) in [4.78, 5) is 24.2. The lowest BCUT2D eigenvalue weighted by molar-refractivity contribution is 0.0778. The van der Waals surface area contributed by atoms with E-state index >= 15 is 0 Å². The number of halogens is 2. The molecule has 6 nitrogen and oxygen atoms in total. The highest BCUT2D eigenvalue weighted by molar-refractivity contribution is 6.33. The van der Waals surface area contributed by atoms with Gasteiger partial charge in [0.05, 0.1) is 17.1 Å². The Morgan fingerprint density at radius 2 is 1.90 bits per heavy atom. The Kier molecular flexibility index (Phi) is 5.94. The van der Waals surface area contributed by atoms with Gasteiger partial charge in [0.25, 0.3) is 5.91 Å². The summed E-state index contributed by atoms with van der Waals surface area (Å²) in [6, 6.07) is 12.5. The average Bonchev–Trinajstić information content (AvgIpc) is 3.12. The summed E-state index contributed by atoms with van der Waals surface area (Å²) in [5.41, 5.74) is 3.18. The lowest BCUT2D eigenvalue weighted by atomic mass is 10.1. The van der Waals surface area contributed by atoms with E-state index in [9.17, 15) is 4.79 Å². The zero-order valence-electron chi connectivity index (χ0n) is 17.3. The number of carbonyl (C=O) groups excluding carboxylic acids is 1. The lowest BCUT2D eigenvalue weighted by Crippen LogP contribution is -2.28. The third-order valence-electron chi connectivity index (χ3n) is 5.15. The minimum absolute atomic E-state index is 0.252. The highest BCUT2D eigenvalue weighted by Crippen LogP contribution is 2.29. The van der Waals surface area contributed by atoms with E-state index in [0.717, 1.165) is 23.4 Å². The number of fused-ring (bicyclic) bond motifs is 1. The molecular weight excluding hydrogens is 435 g/mol. The molecule has 0 saturated heterocycles. The van der Waals surface area contributed by atoms with Crippen LogP contribution in [-0.4, -0.2) is 33.0 Å². The van der Waals surface area contributed by atoms with Gasteiger partial charge in [0, 0.05) is 35.0 Å². The third-order valence-corrected chi connectivity index (χ3v) is 5.71. The second-order valence-electron chi connectivity index (χ2n) is 7.23. The van der Waals surface area contributed by atoms with Crippen molar-refractivity contribution >= 4 is 40.0 Å². The summed E-state index contributed by atoms with van der Waals surface area (Å²) in [5.74, 6) is 0.919. The largest absolute Gasteiger partial charge is 0.361 e. The van der Waals surface area contributed by atoms with Gasteiger partial charge < -0.3 is 9.42 Å². The SMILES string of the molecule is CCc1onc(CN(C)C(=O)c2nc(-c3ccccc3Cl)nc3ccc(Cl)cc23)c1C. The Balaban J connectivity index is 1.79. The van der Waals surface area contributed by atoms with Crippen LogP contribution in [0.5, 0.6) is 0 Å². The van der Waals surface area contributed by atoms with Crippen molar-refractivity contribution in [3.05, 3.63) is 75.2 Å². The maximum atomic E-state index is 13.4.